The van der Waals surface area contributed by atoms with E-state index in [1.807, 2.05) is 11.8 Å². The Kier molecular flexibility index (Phi) is 6.43. The summed E-state index contributed by atoms with van der Waals surface area (Å²) >= 11 is 1.91. The molecule has 2 nitrogen and oxygen atoms in total. The SMILES string of the molecule is CCSc1cccc(N2CCCC(C(C)C)CC2)c1CN. The van der Waals surface area contributed by atoms with Crippen molar-refractivity contribution >= 4 is 17.4 Å². The maximum atomic E-state index is 6.06. The van der Waals surface area contributed by atoms with Crippen molar-refractivity contribution in [1.82, 2.24) is 0 Å². The first-order valence-electron chi connectivity index (χ1n) is 8.37. The number of hydrogen-bond acceptors (Lipinski definition) is 3. The number of benzene rings is 1. The minimum atomic E-state index is 0.641. The molecule has 0 aromatic heterocycles. The molecule has 0 aliphatic carbocycles. The second-order valence-corrected chi connectivity index (χ2v) is 7.62. The highest BCUT2D eigenvalue weighted by Crippen LogP contribution is 2.33. The molecule has 118 valence electrons. The molecule has 1 fully saturated rings. The van der Waals surface area contributed by atoms with Gasteiger partial charge in [-0.25, -0.2) is 0 Å². The maximum Gasteiger partial charge on any atom is 0.0423 e. The van der Waals surface area contributed by atoms with Gasteiger partial charge in [0.25, 0.3) is 0 Å². The van der Waals surface area contributed by atoms with Gasteiger partial charge in [0, 0.05) is 35.8 Å². The molecular formula is C18H30N2S. The molecule has 1 heterocycles. The van der Waals surface area contributed by atoms with E-state index in [0.29, 0.717) is 6.54 Å². The maximum absolute atomic E-state index is 6.06. The molecule has 2 N–H and O–H groups in total. The third-order valence-corrected chi connectivity index (χ3v) is 5.65. The first-order chi connectivity index (χ1) is 10.2. The number of rotatable bonds is 5. The standard InChI is InChI=1S/C18H30N2S/c1-4-21-18-9-5-8-17(16(18)13-19)20-11-6-7-15(10-12-20)14(2)3/h5,8-9,14-15H,4,6-7,10-13,19H2,1-3H3. The smallest absolute Gasteiger partial charge is 0.0423 e. The molecule has 1 unspecified atom stereocenters. The molecule has 0 spiro atoms. The van der Waals surface area contributed by atoms with Crippen LogP contribution in [-0.4, -0.2) is 18.8 Å². The van der Waals surface area contributed by atoms with Gasteiger partial charge in [-0.15, -0.1) is 11.8 Å². The van der Waals surface area contributed by atoms with E-state index in [-0.39, 0.29) is 0 Å². The van der Waals surface area contributed by atoms with Crippen molar-refractivity contribution in [3.05, 3.63) is 23.8 Å². The van der Waals surface area contributed by atoms with E-state index in [1.165, 1.54) is 48.5 Å². The lowest BCUT2D eigenvalue weighted by atomic mass is 9.89. The van der Waals surface area contributed by atoms with Crippen molar-refractivity contribution in [3.8, 4) is 0 Å². The highest BCUT2D eigenvalue weighted by atomic mass is 32.2. The van der Waals surface area contributed by atoms with Crippen LogP contribution in [0.15, 0.2) is 23.1 Å². The van der Waals surface area contributed by atoms with Gasteiger partial charge in [-0.3, -0.25) is 0 Å². The Balaban J connectivity index is 2.19. The normalized spacial score (nSPS) is 19.9. The van der Waals surface area contributed by atoms with Crippen LogP contribution in [0.4, 0.5) is 5.69 Å². The Bertz CT molecular complexity index is 445. The van der Waals surface area contributed by atoms with Crippen LogP contribution in [0.5, 0.6) is 0 Å². The topological polar surface area (TPSA) is 29.3 Å². The summed E-state index contributed by atoms with van der Waals surface area (Å²) in [4.78, 5) is 3.94. The molecule has 1 atom stereocenters. The second kappa shape index (κ2) is 8.09. The largest absolute Gasteiger partial charge is 0.371 e. The molecule has 1 aromatic carbocycles. The van der Waals surface area contributed by atoms with Crippen LogP contribution >= 0.6 is 11.8 Å². The fourth-order valence-corrected chi connectivity index (χ4v) is 4.22. The molecule has 21 heavy (non-hydrogen) atoms. The predicted octanol–water partition coefficient (Wildman–Crippen LogP) is 4.52. The molecule has 0 bridgehead atoms. The van der Waals surface area contributed by atoms with Crippen molar-refractivity contribution in [2.45, 2.75) is 51.5 Å². The van der Waals surface area contributed by atoms with Crippen molar-refractivity contribution in [3.63, 3.8) is 0 Å². The lowest BCUT2D eigenvalue weighted by Gasteiger charge is -2.27. The number of anilines is 1. The van der Waals surface area contributed by atoms with Crippen molar-refractivity contribution < 1.29 is 0 Å². The first-order valence-corrected chi connectivity index (χ1v) is 9.35. The van der Waals surface area contributed by atoms with Gasteiger partial charge in [-0.05, 0) is 49.0 Å². The van der Waals surface area contributed by atoms with Gasteiger partial charge in [-0.1, -0.05) is 26.8 Å². The third kappa shape index (κ3) is 4.17. The minimum Gasteiger partial charge on any atom is -0.371 e. The summed E-state index contributed by atoms with van der Waals surface area (Å²) in [5, 5.41) is 0. The van der Waals surface area contributed by atoms with E-state index < -0.39 is 0 Å². The fraction of sp³-hybridized carbons (Fsp3) is 0.667. The molecule has 1 aromatic rings. The lowest BCUT2D eigenvalue weighted by molar-refractivity contribution is 0.351. The fourth-order valence-electron chi connectivity index (χ4n) is 3.38. The zero-order valence-corrected chi connectivity index (χ0v) is 14.6. The van der Waals surface area contributed by atoms with Crippen molar-refractivity contribution in [2.75, 3.05) is 23.7 Å². The Hall–Kier alpha value is -0.670. The average molecular weight is 307 g/mol. The van der Waals surface area contributed by atoms with Gasteiger partial charge in [0.15, 0.2) is 0 Å². The number of nitrogens with two attached hydrogens (primary N) is 1. The van der Waals surface area contributed by atoms with Crippen LogP contribution in [0.1, 0.15) is 45.6 Å². The molecule has 2 rings (SSSR count). The highest BCUT2D eigenvalue weighted by molar-refractivity contribution is 7.99. The summed E-state index contributed by atoms with van der Waals surface area (Å²) in [5.41, 5.74) is 8.78. The predicted molar refractivity (Wildman–Crippen MR) is 95.1 cm³/mol. The molecule has 1 aliphatic rings. The number of hydrogen-bond donors (Lipinski definition) is 1. The summed E-state index contributed by atoms with van der Waals surface area (Å²) in [5.74, 6) is 2.79. The van der Waals surface area contributed by atoms with Crippen LogP contribution in [0.25, 0.3) is 0 Å². The van der Waals surface area contributed by atoms with Crippen LogP contribution in [0, 0.1) is 11.8 Å². The molecular weight excluding hydrogens is 276 g/mol. The van der Waals surface area contributed by atoms with Crippen LogP contribution < -0.4 is 10.6 Å². The van der Waals surface area contributed by atoms with Crippen LogP contribution in [0.2, 0.25) is 0 Å². The summed E-state index contributed by atoms with van der Waals surface area (Å²) in [6.07, 6.45) is 3.99. The monoisotopic (exact) mass is 306 g/mol. The molecule has 1 saturated heterocycles. The summed E-state index contributed by atoms with van der Waals surface area (Å²) < 4.78 is 0. The average Bonchev–Trinajstić information content (AvgIpc) is 2.73. The van der Waals surface area contributed by atoms with E-state index in [2.05, 4.69) is 43.9 Å². The Morgan fingerprint density at radius 1 is 1.29 bits per heavy atom. The van der Waals surface area contributed by atoms with E-state index >= 15 is 0 Å². The number of nitrogens with zero attached hydrogens (tertiary/aromatic N) is 1. The number of thioether (sulfide) groups is 1. The lowest BCUT2D eigenvalue weighted by Crippen LogP contribution is -2.26. The van der Waals surface area contributed by atoms with Gasteiger partial charge in [0.1, 0.15) is 0 Å². The summed E-state index contributed by atoms with van der Waals surface area (Å²) in [6, 6.07) is 6.67. The van der Waals surface area contributed by atoms with Gasteiger partial charge in [0.2, 0.25) is 0 Å². The Morgan fingerprint density at radius 2 is 2.10 bits per heavy atom. The minimum absolute atomic E-state index is 0.641. The van der Waals surface area contributed by atoms with Crippen LogP contribution in [-0.2, 0) is 6.54 Å². The van der Waals surface area contributed by atoms with Gasteiger partial charge in [-0.2, -0.15) is 0 Å². The molecule has 3 heteroatoms. The summed E-state index contributed by atoms with van der Waals surface area (Å²) in [6.45, 7) is 9.93. The Labute approximate surface area is 134 Å². The van der Waals surface area contributed by atoms with E-state index in [0.717, 1.165) is 17.6 Å². The second-order valence-electron chi connectivity index (χ2n) is 6.31. The third-order valence-electron chi connectivity index (χ3n) is 4.67. The van der Waals surface area contributed by atoms with Crippen LogP contribution in [0.3, 0.4) is 0 Å². The van der Waals surface area contributed by atoms with Gasteiger partial charge in [0.05, 0.1) is 0 Å². The zero-order chi connectivity index (χ0) is 15.2. The van der Waals surface area contributed by atoms with Crippen molar-refractivity contribution in [2.24, 2.45) is 17.6 Å². The zero-order valence-electron chi connectivity index (χ0n) is 13.8. The van der Waals surface area contributed by atoms with E-state index in [9.17, 15) is 0 Å². The molecule has 0 radical (unpaired) electrons. The summed E-state index contributed by atoms with van der Waals surface area (Å²) in [7, 11) is 0. The highest BCUT2D eigenvalue weighted by Gasteiger charge is 2.21. The van der Waals surface area contributed by atoms with Crippen molar-refractivity contribution in [1.29, 1.82) is 0 Å². The quantitative estimate of drug-likeness (QED) is 0.811. The molecule has 1 aliphatic heterocycles. The van der Waals surface area contributed by atoms with Gasteiger partial charge >= 0.3 is 0 Å². The van der Waals surface area contributed by atoms with E-state index in [1.54, 1.807) is 0 Å². The first kappa shape index (κ1) is 16.7. The molecule has 0 saturated carbocycles. The van der Waals surface area contributed by atoms with E-state index in [4.69, 9.17) is 5.73 Å². The Morgan fingerprint density at radius 3 is 2.76 bits per heavy atom. The van der Waals surface area contributed by atoms with Gasteiger partial charge < -0.3 is 10.6 Å². The molecule has 0 amide bonds.